The summed E-state index contributed by atoms with van der Waals surface area (Å²) in [6.07, 6.45) is 2.64. The number of nitrogens with zero attached hydrogens (tertiary/aromatic N) is 2. The first-order chi connectivity index (χ1) is 11.7. The highest BCUT2D eigenvalue weighted by Crippen LogP contribution is 2.27. The van der Waals surface area contributed by atoms with Crippen LogP contribution in [-0.2, 0) is 0 Å². The monoisotopic (exact) mass is 338 g/mol. The molecule has 0 bridgehead atoms. The van der Waals surface area contributed by atoms with Crippen molar-refractivity contribution in [3.63, 3.8) is 0 Å². The average Bonchev–Trinajstić information content (AvgIpc) is 3.24. The minimum Gasteiger partial charge on any atom is -0.486 e. The van der Waals surface area contributed by atoms with E-state index in [9.17, 15) is 4.79 Å². The minimum absolute atomic E-state index is 0.0163. The summed E-state index contributed by atoms with van der Waals surface area (Å²) in [7, 11) is 0. The molecule has 0 radical (unpaired) electrons. The predicted molar refractivity (Wildman–Crippen MR) is 95.7 cm³/mol. The first-order valence-electron chi connectivity index (χ1n) is 8.07. The molecule has 1 aliphatic heterocycles. The number of hydrogen-bond donors (Lipinski definition) is 0. The smallest absolute Gasteiger partial charge is 0.264 e. The van der Waals surface area contributed by atoms with E-state index in [0.717, 1.165) is 39.4 Å². The Balaban J connectivity index is 1.48. The zero-order chi connectivity index (χ0) is 16.5. The van der Waals surface area contributed by atoms with Gasteiger partial charge in [-0.05, 0) is 31.2 Å². The summed E-state index contributed by atoms with van der Waals surface area (Å²) in [5.41, 5.74) is 0.874. The van der Waals surface area contributed by atoms with Gasteiger partial charge >= 0.3 is 0 Å². The minimum atomic E-state index is 0.0163. The fourth-order valence-corrected chi connectivity index (χ4v) is 3.90. The Morgan fingerprint density at radius 1 is 1.25 bits per heavy atom. The number of benzene rings is 1. The molecule has 3 aromatic rings. The Morgan fingerprint density at radius 3 is 2.96 bits per heavy atom. The molecule has 3 heterocycles. The number of carbonyl (C=O) groups is 1. The maximum atomic E-state index is 12.5. The molecule has 1 aliphatic rings. The number of carbonyl (C=O) groups excluding carboxylic acids is 1. The van der Waals surface area contributed by atoms with Crippen molar-refractivity contribution in [2.45, 2.75) is 19.4 Å². The van der Waals surface area contributed by atoms with Crippen LogP contribution < -0.4 is 4.74 Å². The van der Waals surface area contributed by atoms with Crippen LogP contribution in [0.5, 0.6) is 5.75 Å². The Bertz CT molecular complexity index is 884. The molecule has 1 saturated heterocycles. The first kappa shape index (κ1) is 15.1. The highest BCUT2D eigenvalue weighted by atomic mass is 32.1. The Morgan fingerprint density at radius 2 is 2.12 bits per heavy atom. The van der Waals surface area contributed by atoms with Crippen LogP contribution in [0.15, 0.2) is 48.7 Å². The highest BCUT2D eigenvalue weighted by molar-refractivity contribution is 7.13. The van der Waals surface area contributed by atoms with E-state index in [4.69, 9.17) is 4.74 Å². The number of aromatic nitrogens is 1. The maximum Gasteiger partial charge on any atom is 0.264 e. The highest BCUT2D eigenvalue weighted by Gasteiger charge is 2.29. The molecule has 1 aromatic carbocycles. The van der Waals surface area contributed by atoms with Crippen molar-refractivity contribution in [1.82, 2.24) is 9.88 Å². The third-order valence-electron chi connectivity index (χ3n) is 4.27. The topological polar surface area (TPSA) is 42.4 Å². The predicted octanol–water partition coefficient (Wildman–Crippen LogP) is 3.90. The number of likely N-dealkylation sites (tertiary alicyclic amines) is 1. The lowest BCUT2D eigenvalue weighted by atomic mass is 10.2. The van der Waals surface area contributed by atoms with Gasteiger partial charge in [0.2, 0.25) is 0 Å². The van der Waals surface area contributed by atoms with E-state index in [2.05, 4.69) is 4.98 Å². The van der Waals surface area contributed by atoms with Gasteiger partial charge in [0.1, 0.15) is 17.4 Å². The summed E-state index contributed by atoms with van der Waals surface area (Å²) in [4.78, 5) is 20.8. The molecule has 4 rings (SSSR count). The average molecular weight is 338 g/mol. The van der Waals surface area contributed by atoms with Gasteiger partial charge in [-0.25, -0.2) is 0 Å². The Hall–Kier alpha value is -2.40. The van der Waals surface area contributed by atoms with E-state index < -0.39 is 0 Å². The van der Waals surface area contributed by atoms with Crippen molar-refractivity contribution in [2.24, 2.45) is 0 Å². The molecular formula is C19H18N2O2S. The number of aryl methyl sites for hydroxylation is 1. The number of amides is 1. The number of para-hydroxylation sites is 1. The molecular weight excluding hydrogens is 320 g/mol. The van der Waals surface area contributed by atoms with Crippen LogP contribution >= 0.6 is 11.3 Å². The summed E-state index contributed by atoms with van der Waals surface area (Å²) in [5.74, 6) is 0.898. The second kappa shape index (κ2) is 6.24. The van der Waals surface area contributed by atoms with Gasteiger partial charge in [-0.1, -0.05) is 18.2 Å². The lowest BCUT2D eigenvalue weighted by Crippen LogP contribution is -2.30. The summed E-state index contributed by atoms with van der Waals surface area (Å²) >= 11 is 1.55. The molecule has 1 fully saturated rings. The second-order valence-electron chi connectivity index (χ2n) is 6.02. The number of ether oxygens (including phenoxy) is 1. The van der Waals surface area contributed by atoms with Gasteiger partial charge in [-0.3, -0.25) is 9.78 Å². The van der Waals surface area contributed by atoms with E-state index in [0.29, 0.717) is 6.54 Å². The van der Waals surface area contributed by atoms with Gasteiger partial charge < -0.3 is 9.64 Å². The van der Waals surface area contributed by atoms with E-state index in [1.54, 1.807) is 17.5 Å². The molecule has 1 amide bonds. The molecule has 0 aliphatic carbocycles. The summed E-state index contributed by atoms with van der Waals surface area (Å²) in [6.45, 7) is 3.38. The van der Waals surface area contributed by atoms with Gasteiger partial charge in [-0.15, -0.1) is 11.3 Å². The SMILES string of the molecule is Cc1ccc(C(=O)N2CCC(Oc3cccc4cccnc34)C2)s1. The summed E-state index contributed by atoms with van der Waals surface area (Å²) in [6, 6.07) is 13.8. The molecule has 1 unspecified atom stereocenters. The molecule has 2 aromatic heterocycles. The normalized spacial score (nSPS) is 17.4. The Labute approximate surface area is 144 Å². The lowest BCUT2D eigenvalue weighted by Gasteiger charge is -2.17. The van der Waals surface area contributed by atoms with E-state index >= 15 is 0 Å². The van der Waals surface area contributed by atoms with Crippen molar-refractivity contribution < 1.29 is 9.53 Å². The molecule has 5 heteroatoms. The second-order valence-corrected chi connectivity index (χ2v) is 7.31. The quantitative estimate of drug-likeness (QED) is 0.727. The number of hydrogen-bond acceptors (Lipinski definition) is 4. The van der Waals surface area contributed by atoms with E-state index in [-0.39, 0.29) is 12.0 Å². The Kier molecular flexibility index (Phi) is 3.94. The lowest BCUT2D eigenvalue weighted by molar-refractivity contribution is 0.0777. The zero-order valence-electron chi connectivity index (χ0n) is 13.4. The van der Waals surface area contributed by atoms with Crippen LogP contribution in [0.3, 0.4) is 0 Å². The number of pyridine rings is 1. The van der Waals surface area contributed by atoms with Crippen LogP contribution in [0.1, 0.15) is 21.0 Å². The molecule has 0 spiro atoms. The van der Waals surface area contributed by atoms with Crippen LogP contribution in [0.4, 0.5) is 0 Å². The number of fused-ring (bicyclic) bond motifs is 1. The van der Waals surface area contributed by atoms with Gasteiger partial charge in [-0.2, -0.15) is 0 Å². The molecule has 122 valence electrons. The molecule has 1 atom stereocenters. The van der Waals surface area contributed by atoms with Crippen molar-refractivity contribution >= 4 is 28.1 Å². The number of thiophene rings is 1. The van der Waals surface area contributed by atoms with Crippen LogP contribution in [0, 0.1) is 6.92 Å². The maximum absolute atomic E-state index is 12.5. The van der Waals surface area contributed by atoms with Crippen molar-refractivity contribution in [3.05, 3.63) is 58.4 Å². The zero-order valence-corrected chi connectivity index (χ0v) is 14.3. The fraction of sp³-hybridized carbons (Fsp3) is 0.263. The van der Waals surface area contributed by atoms with Crippen molar-refractivity contribution in [2.75, 3.05) is 13.1 Å². The third kappa shape index (κ3) is 2.87. The van der Waals surface area contributed by atoms with Crippen molar-refractivity contribution in [1.29, 1.82) is 0 Å². The first-order valence-corrected chi connectivity index (χ1v) is 8.88. The molecule has 0 saturated carbocycles. The standard InChI is InChI=1S/C19H18N2O2S/c1-13-7-8-17(24-13)19(22)21-11-9-15(12-21)23-16-6-2-4-14-5-3-10-20-18(14)16/h2-8,10,15H,9,11-12H2,1H3. The van der Waals surface area contributed by atoms with E-state index in [1.807, 2.05) is 54.3 Å². The van der Waals surface area contributed by atoms with Crippen LogP contribution in [0.25, 0.3) is 10.9 Å². The van der Waals surface area contributed by atoms with Gasteiger partial charge in [0.15, 0.2) is 0 Å². The largest absolute Gasteiger partial charge is 0.486 e. The summed E-state index contributed by atoms with van der Waals surface area (Å²) in [5, 5.41) is 1.06. The fourth-order valence-electron chi connectivity index (χ4n) is 3.07. The number of rotatable bonds is 3. The third-order valence-corrected chi connectivity index (χ3v) is 5.26. The van der Waals surface area contributed by atoms with E-state index in [1.165, 1.54) is 0 Å². The molecule has 0 N–H and O–H groups in total. The van der Waals surface area contributed by atoms with Gasteiger partial charge in [0.05, 0.1) is 11.4 Å². The van der Waals surface area contributed by atoms with Crippen LogP contribution in [-0.4, -0.2) is 35.0 Å². The van der Waals surface area contributed by atoms with Gasteiger partial charge in [0, 0.05) is 29.4 Å². The molecule has 4 nitrogen and oxygen atoms in total. The van der Waals surface area contributed by atoms with Crippen LogP contribution in [0.2, 0.25) is 0 Å². The van der Waals surface area contributed by atoms with Crippen molar-refractivity contribution in [3.8, 4) is 5.75 Å². The van der Waals surface area contributed by atoms with Gasteiger partial charge in [0.25, 0.3) is 5.91 Å². The molecule has 24 heavy (non-hydrogen) atoms. The summed E-state index contributed by atoms with van der Waals surface area (Å²) < 4.78 is 6.16.